The molecule has 0 saturated carbocycles. The molecule has 2 radical (unpaired) electrons. The highest BCUT2D eigenvalue weighted by Crippen LogP contribution is 2.41. The summed E-state index contributed by atoms with van der Waals surface area (Å²) in [6.45, 7) is 5.81. The van der Waals surface area contributed by atoms with E-state index in [2.05, 4.69) is 22.8 Å². The number of piperidine rings is 1. The molecule has 2 fully saturated rings. The van der Waals surface area contributed by atoms with Gasteiger partial charge in [0.1, 0.15) is 5.54 Å². The van der Waals surface area contributed by atoms with E-state index in [0.717, 1.165) is 56.4 Å². The molecule has 4 rings (SSSR count). The maximum absolute atomic E-state index is 13.2. The molecule has 1 aromatic carbocycles. The molecule has 2 aliphatic heterocycles. The van der Waals surface area contributed by atoms with Gasteiger partial charge < -0.3 is 4.81 Å². The van der Waals surface area contributed by atoms with Crippen LogP contribution in [-0.2, 0) is 12.6 Å². The monoisotopic (exact) mass is 402 g/mol. The molecule has 0 aromatic heterocycles. The first-order valence-corrected chi connectivity index (χ1v) is 10.4. The Kier molecular flexibility index (Phi) is 5.43. The van der Waals surface area contributed by atoms with Crippen molar-refractivity contribution < 1.29 is 13.2 Å². The van der Waals surface area contributed by atoms with Crippen LogP contribution >= 0.6 is 0 Å². The summed E-state index contributed by atoms with van der Waals surface area (Å²) in [4.78, 5) is 6.39. The highest BCUT2D eigenvalue weighted by atomic mass is 19.4. The van der Waals surface area contributed by atoms with Crippen LogP contribution in [0.25, 0.3) is 0 Å². The summed E-state index contributed by atoms with van der Waals surface area (Å²) in [5, 5.41) is 9.91. The topological polar surface area (TPSA) is 33.5 Å². The average Bonchev–Trinajstić information content (AvgIpc) is 3.11. The third-order valence-corrected chi connectivity index (χ3v) is 7.04. The summed E-state index contributed by atoms with van der Waals surface area (Å²) in [6.07, 6.45) is -1.18. The zero-order chi connectivity index (χ0) is 20.8. The fourth-order valence-corrected chi connectivity index (χ4v) is 5.32. The van der Waals surface area contributed by atoms with Crippen LogP contribution in [0.5, 0.6) is 0 Å². The van der Waals surface area contributed by atoms with Gasteiger partial charge in [0.2, 0.25) is 0 Å². The van der Waals surface area contributed by atoms with Crippen LogP contribution in [0.2, 0.25) is 0 Å². The number of aryl methyl sites for hydroxylation is 1. The Morgan fingerprint density at radius 3 is 2.52 bits per heavy atom. The lowest BCUT2D eigenvalue weighted by atomic mass is 9.84. The van der Waals surface area contributed by atoms with Crippen LogP contribution in [0.15, 0.2) is 18.2 Å². The molecule has 2 unspecified atom stereocenters. The number of hydrogen-bond acceptors (Lipinski definition) is 4. The van der Waals surface area contributed by atoms with Crippen molar-refractivity contribution in [2.75, 3.05) is 32.7 Å². The molecule has 154 valence electrons. The van der Waals surface area contributed by atoms with E-state index in [0.29, 0.717) is 13.1 Å². The van der Waals surface area contributed by atoms with Gasteiger partial charge in [-0.3, -0.25) is 9.80 Å². The second-order valence-corrected chi connectivity index (χ2v) is 8.68. The molecule has 3 aliphatic rings. The number of benzene rings is 1. The molecular formula is C21H26BF3N4. The van der Waals surface area contributed by atoms with E-state index in [1.54, 1.807) is 10.9 Å². The summed E-state index contributed by atoms with van der Waals surface area (Å²) >= 11 is 0. The van der Waals surface area contributed by atoms with Crippen molar-refractivity contribution in [2.24, 2.45) is 0 Å². The summed E-state index contributed by atoms with van der Waals surface area (Å²) in [5.41, 5.74) is 0.812. The maximum atomic E-state index is 13.2. The predicted molar refractivity (Wildman–Crippen MR) is 105 cm³/mol. The van der Waals surface area contributed by atoms with Gasteiger partial charge >= 0.3 is 6.18 Å². The van der Waals surface area contributed by atoms with Gasteiger partial charge in [0.15, 0.2) is 7.98 Å². The van der Waals surface area contributed by atoms with Crippen molar-refractivity contribution in [3.8, 4) is 6.07 Å². The van der Waals surface area contributed by atoms with E-state index in [4.69, 9.17) is 7.98 Å². The number of rotatable bonds is 2. The first-order chi connectivity index (χ1) is 13.7. The molecule has 2 saturated heterocycles. The zero-order valence-electron chi connectivity index (χ0n) is 16.8. The Labute approximate surface area is 171 Å². The van der Waals surface area contributed by atoms with Crippen molar-refractivity contribution >= 4 is 7.98 Å². The third kappa shape index (κ3) is 3.80. The normalized spacial score (nSPS) is 28.8. The molecule has 1 aliphatic carbocycles. The number of halogens is 3. The molecular weight excluding hydrogens is 376 g/mol. The number of hydrogen-bond donors (Lipinski definition) is 0. The van der Waals surface area contributed by atoms with Gasteiger partial charge in [-0.05, 0) is 69.0 Å². The van der Waals surface area contributed by atoms with Crippen molar-refractivity contribution in [2.45, 2.75) is 56.4 Å². The molecule has 1 aromatic rings. The highest BCUT2D eigenvalue weighted by molar-refractivity contribution is 6.04. The maximum Gasteiger partial charge on any atom is 0.416 e. The van der Waals surface area contributed by atoms with Gasteiger partial charge in [-0.2, -0.15) is 18.4 Å². The van der Waals surface area contributed by atoms with Crippen molar-refractivity contribution in [1.82, 2.24) is 14.6 Å². The Morgan fingerprint density at radius 1 is 1.17 bits per heavy atom. The molecule has 8 heteroatoms. The first kappa shape index (κ1) is 20.7. The van der Waals surface area contributed by atoms with Crippen LogP contribution in [0.3, 0.4) is 0 Å². The van der Waals surface area contributed by atoms with Crippen molar-refractivity contribution in [1.29, 1.82) is 5.26 Å². The van der Waals surface area contributed by atoms with Gasteiger partial charge in [-0.15, -0.1) is 0 Å². The van der Waals surface area contributed by atoms with E-state index in [1.807, 2.05) is 0 Å². The summed E-state index contributed by atoms with van der Waals surface area (Å²) in [5.74, 6) is 0. The SMILES string of the molecule is [B]N1CCC(C#N)(N2CCN(C3CCc4ccc(C(F)(F)F)cc43)C(C)C2)CC1. The van der Waals surface area contributed by atoms with Crippen LogP contribution in [0.1, 0.15) is 48.9 Å². The Hall–Kier alpha value is -1.56. The van der Waals surface area contributed by atoms with E-state index in [1.165, 1.54) is 12.1 Å². The molecule has 0 bridgehead atoms. The lowest BCUT2D eigenvalue weighted by molar-refractivity contribution is -0.137. The predicted octanol–water partition coefficient (Wildman–Crippen LogP) is 3.14. The number of alkyl halides is 3. The van der Waals surface area contributed by atoms with Crippen LogP contribution in [0, 0.1) is 11.3 Å². The van der Waals surface area contributed by atoms with Crippen LogP contribution < -0.4 is 0 Å². The van der Waals surface area contributed by atoms with E-state index >= 15 is 0 Å². The summed E-state index contributed by atoms with van der Waals surface area (Å²) in [6, 6.07) is 6.94. The van der Waals surface area contributed by atoms with Gasteiger partial charge in [0.05, 0.1) is 11.6 Å². The Balaban J connectivity index is 1.50. The standard InChI is InChI=1S/C21H26BF3N4/c1-15-13-27(20(14-26)6-8-28(22)9-7-20)10-11-29(15)19-5-3-16-2-4-17(12-18(16)19)21(23,24)25/h2,4,12,15,19H,3,5-11,13H2,1H3. The minimum atomic E-state index is -4.32. The van der Waals surface area contributed by atoms with E-state index in [-0.39, 0.29) is 12.1 Å². The fourth-order valence-electron chi connectivity index (χ4n) is 5.32. The molecule has 29 heavy (non-hydrogen) atoms. The lowest BCUT2D eigenvalue weighted by Crippen LogP contribution is -2.62. The van der Waals surface area contributed by atoms with Crippen LogP contribution in [-0.4, -0.2) is 66.9 Å². The Bertz CT molecular complexity index is 798. The number of piperazine rings is 1. The Morgan fingerprint density at radius 2 is 1.90 bits per heavy atom. The van der Waals surface area contributed by atoms with Gasteiger partial charge in [-0.1, -0.05) is 6.07 Å². The molecule has 2 atom stereocenters. The molecule has 4 nitrogen and oxygen atoms in total. The molecule has 0 N–H and O–H groups in total. The van der Waals surface area contributed by atoms with Gasteiger partial charge in [0.25, 0.3) is 0 Å². The van der Waals surface area contributed by atoms with Crippen molar-refractivity contribution in [3.63, 3.8) is 0 Å². The average molecular weight is 402 g/mol. The number of nitriles is 1. The quantitative estimate of drug-likeness (QED) is 0.712. The number of nitrogens with zero attached hydrogens (tertiary/aromatic N) is 4. The largest absolute Gasteiger partial charge is 0.416 e. The number of fused-ring (bicyclic) bond motifs is 1. The van der Waals surface area contributed by atoms with E-state index < -0.39 is 17.3 Å². The van der Waals surface area contributed by atoms with Gasteiger partial charge in [0, 0.05) is 31.7 Å². The molecule has 0 amide bonds. The second kappa shape index (κ2) is 7.61. The molecule has 2 heterocycles. The minimum Gasteiger partial charge on any atom is -0.353 e. The van der Waals surface area contributed by atoms with Crippen LogP contribution in [0.4, 0.5) is 13.2 Å². The third-order valence-electron chi connectivity index (χ3n) is 7.04. The summed E-state index contributed by atoms with van der Waals surface area (Å²) in [7, 11) is 5.88. The van der Waals surface area contributed by atoms with Crippen molar-refractivity contribution in [3.05, 3.63) is 34.9 Å². The second-order valence-electron chi connectivity index (χ2n) is 8.68. The fraction of sp³-hybridized carbons (Fsp3) is 0.667. The summed E-state index contributed by atoms with van der Waals surface area (Å²) < 4.78 is 39.6. The molecule has 0 spiro atoms. The first-order valence-electron chi connectivity index (χ1n) is 10.4. The lowest BCUT2D eigenvalue weighted by Gasteiger charge is -2.50. The zero-order valence-corrected chi connectivity index (χ0v) is 16.8. The van der Waals surface area contributed by atoms with Gasteiger partial charge in [-0.25, -0.2) is 0 Å². The minimum absolute atomic E-state index is 0.0216. The smallest absolute Gasteiger partial charge is 0.353 e. The van der Waals surface area contributed by atoms with E-state index in [9.17, 15) is 18.4 Å². The highest BCUT2D eigenvalue weighted by Gasteiger charge is 2.44.